The maximum Gasteiger partial charge on any atom is 0.0309 e. The van der Waals surface area contributed by atoms with Crippen molar-refractivity contribution in [1.29, 1.82) is 0 Å². The number of hydrogen-bond donors (Lipinski definition) is 1. The second kappa shape index (κ2) is 4.99. The molecule has 1 saturated heterocycles. The average molecular weight is 268 g/mol. The van der Waals surface area contributed by atoms with Crippen molar-refractivity contribution in [2.45, 2.75) is 55.7 Å². The summed E-state index contributed by atoms with van der Waals surface area (Å²) in [5.41, 5.74) is 0.413. The molecule has 2 aliphatic carbocycles. The van der Waals surface area contributed by atoms with Crippen molar-refractivity contribution >= 4 is 11.8 Å². The van der Waals surface area contributed by atoms with Gasteiger partial charge in [-0.15, -0.1) is 0 Å². The Kier molecular flexibility index (Phi) is 3.68. The van der Waals surface area contributed by atoms with E-state index in [0.29, 0.717) is 10.3 Å². The molecule has 1 aliphatic heterocycles. The van der Waals surface area contributed by atoms with Gasteiger partial charge in [0.1, 0.15) is 0 Å². The van der Waals surface area contributed by atoms with Crippen molar-refractivity contribution in [3.8, 4) is 0 Å². The summed E-state index contributed by atoms with van der Waals surface area (Å²) >= 11 is 2.14. The molecule has 18 heavy (non-hydrogen) atoms. The van der Waals surface area contributed by atoms with E-state index in [0.717, 1.165) is 5.92 Å². The lowest BCUT2D eigenvalue weighted by molar-refractivity contribution is 0.117. The molecule has 2 nitrogen and oxygen atoms in total. The van der Waals surface area contributed by atoms with E-state index in [4.69, 9.17) is 0 Å². The van der Waals surface area contributed by atoms with Crippen LogP contribution in [0.3, 0.4) is 0 Å². The van der Waals surface area contributed by atoms with Gasteiger partial charge in [0.15, 0.2) is 0 Å². The van der Waals surface area contributed by atoms with Crippen LogP contribution >= 0.6 is 11.8 Å². The highest BCUT2D eigenvalue weighted by atomic mass is 32.2. The van der Waals surface area contributed by atoms with Crippen molar-refractivity contribution in [2.24, 2.45) is 5.92 Å². The first kappa shape index (κ1) is 13.3. The van der Waals surface area contributed by atoms with Crippen LogP contribution in [0.2, 0.25) is 0 Å². The molecule has 1 atom stereocenters. The molecule has 3 aliphatic rings. The highest BCUT2D eigenvalue weighted by Gasteiger charge is 2.45. The van der Waals surface area contributed by atoms with Gasteiger partial charge in [-0.25, -0.2) is 0 Å². The Morgan fingerprint density at radius 2 is 2.00 bits per heavy atom. The van der Waals surface area contributed by atoms with Gasteiger partial charge in [-0.3, -0.25) is 4.90 Å². The predicted octanol–water partition coefficient (Wildman–Crippen LogP) is 2.74. The lowest BCUT2D eigenvalue weighted by Crippen LogP contribution is -2.61. The number of hydrogen-bond acceptors (Lipinski definition) is 3. The lowest BCUT2D eigenvalue weighted by Gasteiger charge is -2.45. The molecule has 1 unspecified atom stereocenters. The van der Waals surface area contributed by atoms with Crippen molar-refractivity contribution in [2.75, 3.05) is 32.4 Å². The van der Waals surface area contributed by atoms with E-state index in [9.17, 15) is 0 Å². The van der Waals surface area contributed by atoms with Crippen LogP contribution < -0.4 is 5.32 Å². The van der Waals surface area contributed by atoms with Gasteiger partial charge >= 0.3 is 0 Å². The van der Waals surface area contributed by atoms with Gasteiger partial charge in [-0.2, -0.15) is 11.8 Å². The molecule has 2 saturated carbocycles. The standard InChI is InChI=1S/C15H28N2S/c1-14(13-5-6-13)11-17(10-9-16-14)12-15(18-2)7-3-4-8-15/h13,16H,3-12H2,1-2H3. The minimum atomic E-state index is 0.413. The minimum Gasteiger partial charge on any atom is -0.309 e. The number of rotatable bonds is 4. The van der Waals surface area contributed by atoms with Crippen LogP contribution in [0.5, 0.6) is 0 Å². The SMILES string of the molecule is CSC1(CN2CCNC(C)(C3CC3)C2)CCCC1. The molecule has 0 aromatic heterocycles. The Morgan fingerprint density at radius 1 is 1.28 bits per heavy atom. The monoisotopic (exact) mass is 268 g/mol. The van der Waals surface area contributed by atoms with Gasteiger partial charge in [-0.1, -0.05) is 12.8 Å². The zero-order chi connectivity index (χ0) is 12.6. The highest BCUT2D eigenvalue weighted by molar-refractivity contribution is 8.00. The molecular formula is C15H28N2S. The van der Waals surface area contributed by atoms with E-state index >= 15 is 0 Å². The smallest absolute Gasteiger partial charge is 0.0309 e. The van der Waals surface area contributed by atoms with E-state index < -0.39 is 0 Å². The summed E-state index contributed by atoms with van der Waals surface area (Å²) in [4.78, 5) is 2.76. The van der Waals surface area contributed by atoms with Crippen LogP contribution in [0, 0.1) is 5.92 Å². The van der Waals surface area contributed by atoms with Crippen molar-refractivity contribution in [3.63, 3.8) is 0 Å². The van der Waals surface area contributed by atoms with E-state index in [-0.39, 0.29) is 0 Å². The third kappa shape index (κ3) is 2.59. The second-order valence-electron chi connectivity index (χ2n) is 6.92. The van der Waals surface area contributed by atoms with E-state index in [1.54, 1.807) is 0 Å². The topological polar surface area (TPSA) is 15.3 Å². The lowest BCUT2D eigenvalue weighted by atomic mass is 9.92. The van der Waals surface area contributed by atoms with Gasteiger partial charge in [0.25, 0.3) is 0 Å². The zero-order valence-electron chi connectivity index (χ0n) is 12.0. The van der Waals surface area contributed by atoms with Crippen LogP contribution in [0.1, 0.15) is 45.4 Å². The van der Waals surface area contributed by atoms with Gasteiger partial charge < -0.3 is 5.32 Å². The summed E-state index contributed by atoms with van der Waals surface area (Å²) < 4.78 is 0.585. The van der Waals surface area contributed by atoms with Crippen LogP contribution in [0.4, 0.5) is 0 Å². The predicted molar refractivity (Wildman–Crippen MR) is 80.3 cm³/mol. The largest absolute Gasteiger partial charge is 0.309 e. The molecule has 3 fully saturated rings. The zero-order valence-corrected chi connectivity index (χ0v) is 12.8. The third-order valence-corrected chi connectivity index (χ3v) is 6.85. The molecule has 0 amide bonds. The van der Waals surface area contributed by atoms with Gasteiger partial charge in [-0.05, 0) is 44.8 Å². The quantitative estimate of drug-likeness (QED) is 0.844. The Hall–Kier alpha value is 0.270. The summed E-state index contributed by atoms with van der Waals surface area (Å²) in [6.45, 7) is 7.51. The maximum absolute atomic E-state index is 3.79. The normalized spacial score (nSPS) is 37.0. The Balaban J connectivity index is 1.62. The summed E-state index contributed by atoms with van der Waals surface area (Å²) in [5.74, 6) is 0.953. The van der Waals surface area contributed by atoms with E-state index in [2.05, 4.69) is 35.2 Å². The van der Waals surface area contributed by atoms with Crippen LogP contribution in [-0.4, -0.2) is 47.6 Å². The fraction of sp³-hybridized carbons (Fsp3) is 1.00. The van der Waals surface area contributed by atoms with Gasteiger partial charge in [0.2, 0.25) is 0 Å². The summed E-state index contributed by atoms with van der Waals surface area (Å²) in [6.07, 6.45) is 11.0. The number of thioether (sulfide) groups is 1. The molecule has 1 heterocycles. The molecule has 0 radical (unpaired) electrons. The van der Waals surface area contributed by atoms with Gasteiger partial charge in [0, 0.05) is 36.5 Å². The summed E-state index contributed by atoms with van der Waals surface area (Å²) in [6, 6.07) is 0. The highest BCUT2D eigenvalue weighted by Crippen LogP contribution is 2.43. The molecule has 0 aromatic rings. The fourth-order valence-electron chi connectivity index (χ4n) is 4.08. The molecule has 0 spiro atoms. The number of piperazine rings is 1. The van der Waals surface area contributed by atoms with E-state index in [1.807, 2.05) is 0 Å². The van der Waals surface area contributed by atoms with Crippen molar-refractivity contribution < 1.29 is 0 Å². The van der Waals surface area contributed by atoms with Crippen molar-refractivity contribution in [3.05, 3.63) is 0 Å². The number of nitrogens with zero attached hydrogens (tertiary/aromatic N) is 1. The van der Waals surface area contributed by atoms with E-state index in [1.165, 1.54) is 64.7 Å². The molecule has 0 aromatic carbocycles. The second-order valence-corrected chi connectivity index (χ2v) is 8.20. The molecule has 3 heteroatoms. The molecular weight excluding hydrogens is 240 g/mol. The Morgan fingerprint density at radius 3 is 2.61 bits per heavy atom. The molecule has 3 rings (SSSR count). The number of nitrogens with one attached hydrogen (secondary N) is 1. The fourth-order valence-corrected chi connectivity index (χ4v) is 5.09. The third-order valence-electron chi connectivity index (χ3n) is 5.45. The molecule has 1 N–H and O–H groups in total. The summed E-state index contributed by atoms with van der Waals surface area (Å²) in [5, 5.41) is 3.79. The minimum absolute atomic E-state index is 0.413. The first-order chi connectivity index (χ1) is 8.66. The summed E-state index contributed by atoms with van der Waals surface area (Å²) in [7, 11) is 0. The van der Waals surface area contributed by atoms with Gasteiger partial charge in [0.05, 0.1) is 0 Å². The first-order valence-electron chi connectivity index (χ1n) is 7.68. The average Bonchev–Trinajstić information content (AvgIpc) is 3.13. The maximum atomic E-state index is 3.79. The van der Waals surface area contributed by atoms with Crippen LogP contribution in [0.15, 0.2) is 0 Å². The Bertz CT molecular complexity index is 297. The Labute approximate surface area is 116 Å². The van der Waals surface area contributed by atoms with Crippen LogP contribution in [0.25, 0.3) is 0 Å². The van der Waals surface area contributed by atoms with Crippen LogP contribution in [-0.2, 0) is 0 Å². The first-order valence-corrected chi connectivity index (χ1v) is 8.91. The molecule has 0 bridgehead atoms. The van der Waals surface area contributed by atoms with Crippen molar-refractivity contribution in [1.82, 2.24) is 10.2 Å². The molecule has 104 valence electrons.